The number of pyridine rings is 1. The molecule has 0 saturated heterocycles. The van der Waals surface area contributed by atoms with E-state index in [0.29, 0.717) is 23.2 Å². The van der Waals surface area contributed by atoms with E-state index >= 15 is 0 Å². The number of rotatable bonds is 4. The van der Waals surface area contributed by atoms with Crippen LogP contribution in [0.3, 0.4) is 0 Å². The molecular formula is C13H16ClN3O2. The van der Waals surface area contributed by atoms with Gasteiger partial charge in [0.2, 0.25) is 0 Å². The third-order valence-corrected chi connectivity index (χ3v) is 3.34. The Labute approximate surface area is 116 Å². The summed E-state index contributed by atoms with van der Waals surface area (Å²) in [4.78, 5) is 4.23. The van der Waals surface area contributed by atoms with E-state index in [0.717, 1.165) is 17.0 Å². The molecule has 19 heavy (non-hydrogen) atoms. The van der Waals surface area contributed by atoms with E-state index in [9.17, 15) is 5.11 Å². The number of halogens is 1. The van der Waals surface area contributed by atoms with Crippen molar-refractivity contribution in [3.8, 4) is 5.75 Å². The highest BCUT2D eigenvalue weighted by Crippen LogP contribution is 2.23. The van der Waals surface area contributed by atoms with Crippen LogP contribution in [0.25, 0.3) is 0 Å². The van der Waals surface area contributed by atoms with Gasteiger partial charge in [0.1, 0.15) is 23.2 Å². The molecule has 0 fully saturated rings. The van der Waals surface area contributed by atoms with Crippen LogP contribution in [-0.4, -0.2) is 19.9 Å². The number of hydrogen-bond acceptors (Lipinski definition) is 4. The number of aromatic nitrogens is 3. The lowest BCUT2D eigenvalue weighted by Crippen LogP contribution is -2.02. The highest BCUT2D eigenvalue weighted by atomic mass is 35.5. The molecule has 0 spiro atoms. The first-order valence-electron chi connectivity index (χ1n) is 5.91. The maximum atomic E-state index is 9.27. The zero-order chi connectivity index (χ0) is 14.0. The molecule has 5 nitrogen and oxygen atoms in total. The lowest BCUT2D eigenvalue weighted by molar-refractivity contribution is 0.253. The lowest BCUT2D eigenvalue weighted by atomic mass is 10.2. The fraction of sp³-hybridized carbons (Fsp3) is 0.385. The van der Waals surface area contributed by atoms with Crippen molar-refractivity contribution in [1.29, 1.82) is 0 Å². The van der Waals surface area contributed by atoms with Crippen LogP contribution in [-0.2, 0) is 20.3 Å². The summed E-state index contributed by atoms with van der Waals surface area (Å²) in [7, 11) is 1.78. The molecule has 0 saturated carbocycles. The van der Waals surface area contributed by atoms with Crippen molar-refractivity contribution in [2.24, 2.45) is 7.05 Å². The van der Waals surface area contributed by atoms with Gasteiger partial charge in [-0.3, -0.25) is 9.67 Å². The second kappa shape index (κ2) is 5.59. The molecule has 2 heterocycles. The first kappa shape index (κ1) is 13.8. The van der Waals surface area contributed by atoms with Crippen molar-refractivity contribution < 1.29 is 9.84 Å². The van der Waals surface area contributed by atoms with Crippen LogP contribution in [0.2, 0.25) is 5.15 Å². The first-order valence-corrected chi connectivity index (χ1v) is 6.29. The summed E-state index contributed by atoms with van der Waals surface area (Å²) in [5.41, 5.74) is 3.04. The van der Waals surface area contributed by atoms with Gasteiger partial charge < -0.3 is 9.84 Å². The quantitative estimate of drug-likeness (QED) is 0.933. The number of aliphatic hydroxyl groups is 1. The zero-order valence-electron chi connectivity index (χ0n) is 11.1. The Bertz CT molecular complexity index is 596. The van der Waals surface area contributed by atoms with Crippen molar-refractivity contribution in [1.82, 2.24) is 14.8 Å². The minimum atomic E-state index is -0.156. The Balaban J connectivity index is 2.19. The molecular weight excluding hydrogens is 266 g/mol. The third-order valence-electron chi connectivity index (χ3n) is 2.86. The molecule has 2 rings (SSSR count). The molecule has 0 aliphatic rings. The van der Waals surface area contributed by atoms with Crippen LogP contribution < -0.4 is 4.74 Å². The van der Waals surface area contributed by atoms with Gasteiger partial charge in [0.25, 0.3) is 0 Å². The molecule has 0 bridgehead atoms. The summed E-state index contributed by atoms with van der Waals surface area (Å²) in [6.07, 6.45) is 0. The van der Waals surface area contributed by atoms with Crippen LogP contribution in [0.5, 0.6) is 5.75 Å². The van der Waals surface area contributed by atoms with Crippen LogP contribution >= 0.6 is 11.6 Å². The number of aliphatic hydroxyl groups excluding tert-OH is 1. The SMILES string of the molecule is Cc1ccc(OCc2c(C)nn(C)c2Cl)c(CO)n1. The van der Waals surface area contributed by atoms with Crippen molar-refractivity contribution in [2.45, 2.75) is 27.1 Å². The van der Waals surface area contributed by atoms with Crippen LogP contribution in [0.15, 0.2) is 12.1 Å². The minimum Gasteiger partial charge on any atom is -0.487 e. The van der Waals surface area contributed by atoms with Gasteiger partial charge in [-0.15, -0.1) is 0 Å². The fourth-order valence-corrected chi connectivity index (χ4v) is 2.06. The summed E-state index contributed by atoms with van der Waals surface area (Å²) >= 11 is 6.13. The molecule has 0 atom stereocenters. The summed E-state index contributed by atoms with van der Waals surface area (Å²) in [6.45, 7) is 3.89. The maximum absolute atomic E-state index is 9.27. The van der Waals surface area contributed by atoms with E-state index in [1.807, 2.05) is 19.9 Å². The van der Waals surface area contributed by atoms with E-state index in [4.69, 9.17) is 16.3 Å². The van der Waals surface area contributed by atoms with Gasteiger partial charge in [-0.2, -0.15) is 5.10 Å². The average Bonchev–Trinajstić information content (AvgIpc) is 2.62. The number of aryl methyl sites for hydroxylation is 3. The molecule has 0 radical (unpaired) electrons. The summed E-state index contributed by atoms with van der Waals surface area (Å²) in [6, 6.07) is 3.64. The molecule has 0 unspecified atom stereocenters. The molecule has 0 aliphatic carbocycles. The molecule has 0 aromatic carbocycles. The summed E-state index contributed by atoms with van der Waals surface area (Å²) in [5.74, 6) is 0.562. The van der Waals surface area contributed by atoms with Crippen molar-refractivity contribution >= 4 is 11.6 Å². The van der Waals surface area contributed by atoms with E-state index in [1.165, 1.54) is 0 Å². The highest BCUT2D eigenvalue weighted by Gasteiger charge is 2.13. The Morgan fingerprint density at radius 3 is 2.68 bits per heavy atom. The molecule has 102 valence electrons. The highest BCUT2D eigenvalue weighted by molar-refractivity contribution is 6.30. The van der Waals surface area contributed by atoms with E-state index in [2.05, 4.69) is 10.1 Å². The molecule has 2 aromatic rings. The lowest BCUT2D eigenvalue weighted by Gasteiger charge is -2.10. The number of nitrogens with zero attached hydrogens (tertiary/aromatic N) is 3. The zero-order valence-corrected chi connectivity index (χ0v) is 11.9. The minimum absolute atomic E-state index is 0.156. The largest absolute Gasteiger partial charge is 0.487 e. The van der Waals surface area contributed by atoms with Crippen molar-refractivity contribution in [2.75, 3.05) is 0 Å². The Kier molecular flexibility index (Phi) is 4.07. The topological polar surface area (TPSA) is 60.2 Å². The van der Waals surface area contributed by atoms with Gasteiger partial charge in [-0.25, -0.2) is 0 Å². The summed E-state index contributed by atoms with van der Waals surface area (Å²) in [5, 5.41) is 14.0. The van der Waals surface area contributed by atoms with E-state index in [-0.39, 0.29) is 6.61 Å². The molecule has 6 heteroatoms. The van der Waals surface area contributed by atoms with Crippen LogP contribution in [0.4, 0.5) is 0 Å². The monoisotopic (exact) mass is 281 g/mol. The predicted octanol–water partition coefficient (Wildman–Crippen LogP) is 2.16. The van der Waals surface area contributed by atoms with E-state index < -0.39 is 0 Å². The smallest absolute Gasteiger partial charge is 0.143 e. The maximum Gasteiger partial charge on any atom is 0.143 e. The van der Waals surface area contributed by atoms with Crippen LogP contribution in [0, 0.1) is 13.8 Å². The first-order chi connectivity index (χ1) is 9.02. The summed E-state index contributed by atoms with van der Waals surface area (Å²) < 4.78 is 7.29. The van der Waals surface area contributed by atoms with Gasteiger partial charge in [-0.1, -0.05) is 11.6 Å². The molecule has 1 N–H and O–H groups in total. The van der Waals surface area contributed by atoms with E-state index in [1.54, 1.807) is 17.8 Å². The van der Waals surface area contributed by atoms with Crippen molar-refractivity contribution in [3.63, 3.8) is 0 Å². The molecule has 0 amide bonds. The van der Waals surface area contributed by atoms with Gasteiger partial charge in [-0.05, 0) is 26.0 Å². The fourth-order valence-electron chi connectivity index (χ4n) is 1.83. The molecule has 2 aromatic heterocycles. The third kappa shape index (κ3) is 2.88. The predicted molar refractivity (Wildman–Crippen MR) is 72.2 cm³/mol. The second-order valence-corrected chi connectivity index (χ2v) is 4.68. The Hall–Kier alpha value is -1.59. The standard InChI is InChI=1S/C13H16ClN3O2/c1-8-4-5-12(11(6-18)15-8)19-7-10-9(2)16-17(3)13(10)14/h4-5,18H,6-7H2,1-3H3. The second-order valence-electron chi connectivity index (χ2n) is 4.32. The van der Waals surface area contributed by atoms with Gasteiger partial charge in [0.15, 0.2) is 0 Å². The Morgan fingerprint density at radius 2 is 2.11 bits per heavy atom. The number of hydrogen-bond donors (Lipinski definition) is 1. The Morgan fingerprint density at radius 1 is 1.37 bits per heavy atom. The van der Waals surface area contributed by atoms with Gasteiger partial charge in [0, 0.05) is 18.3 Å². The average molecular weight is 282 g/mol. The van der Waals surface area contributed by atoms with Gasteiger partial charge in [0.05, 0.1) is 12.3 Å². The van der Waals surface area contributed by atoms with Gasteiger partial charge >= 0.3 is 0 Å². The normalized spacial score (nSPS) is 10.8. The van der Waals surface area contributed by atoms with Crippen LogP contribution in [0.1, 0.15) is 22.6 Å². The number of ether oxygens (including phenoxy) is 1. The van der Waals surface area contributed by atoms with Crippen molar-refractivity contribution in [3.05, 3.63) is 39.9 Å². The molecule has 0 aliphatic heterocycles.